The molecule has 0 aromatic carbocycles. The number of amides is 2. The molecule has 2 amide bonds. The van der Waals surface area contributed by atoms with E-state index in [9.17, 15) is 9.59 Å². The van der Waals surface area contributed by atoms with Gasteiger partial charge >= 0.3 is 12.0 Å². The molecular formula is C11H20N2O5. The smallest absolute Gasteiger partial charge is 0.332 e. The van der Waals surface area contributed by atoms with Crippen LogP contribution in [0.15, 0.2) is 0 Å². The Kier molecular flexibility index (Phi) is 5.87. The number of aliphatic carboxylic acids is 1. The molecule has 1 rings (SSSR count). The first kappa shape index (κ1) is 14.7. The quantitative estimate of drug-likeness (QED) is 0.598. The molecule has 0 saturated carbocycles. The second-order valence-corrected chi connectivity index (χ2v) is 4.43. The predicted octanol–water partition coefficient (Wildman–Crippen LogP) is -0.500. The number of nitrogens with one attached hydrogen (secondary N) is 1. The fourth-order valence-electron chi connectivity index (χ4n) is 1.94. The van der Waals surface area contributed by atoms with Gasteiger partial charge in [0.25, 0.3) is 0 Å². The number of aliphatic hydroxyl groups is 1. The van der Waals surface area contributed by atoms with Crippen LogP contribution in [0.2, 0.25) is 0 Å². The lowest BCUT2D eigenvalue weighted by Crippen LogP contribution is -2.40. The van der Waals surface area contributed by atoms with Gasteiger partial charge < -0.3 is 25.2 Å². The summed E-state index contributed by atoms with van der Waals surface area (Å²) < 4.78 is 5.04. The van der Waals surface area contributed by atoms with Gasteiger partial charge in [0.15, 0.2) is 6.10 Å². The van der Waals surface area contributed by atoms with Crippen LogP contribution in [0.5, 0.6) is 0 Å². The highest BCUT2D eigenvalue weighted by atomic mass is 16.5. The van der Waals surface area contributed by atoms with Crippen LogP contribution in [0.4, 0.5) is 4.79 Å². The maximum absolute atomic E-state index is 11.7. The fourth-order valence-corrected chi connectivity index (χ4v) is 1.94. The average Bonchev–Trinajstić information content (AvgIpc) is 2.77. The molecular weight excluding hydrogens is 240 g/mol. The Morgan fingerprint density at radius 1 is 1.56 bits per heavy atom. The Balaban J connectivity index is 2.20. The van der Waals surface area contributed by atoms with Gasteiger partial charge in [0, 0.05) is 39.1 Å². The number of aliphatic hydroxyl groups excluding tert-OH is 1. The van der Waals surface area contributed by atoms with E-state index in [1.807, 2.05) is 0 Å². The minimum absolute atomic E-state index is 0.0103. The van der Waals surface area contributed by atoms with Crippen LogP contribution in [0.3, 0.4) is 0 Å². The highest BCUT2D eigenvalue weighted by Gasteiger charge is 2.26. The third-order valence-electron chi connectivity index (χ3n) is 2.95. The number of carbonyl (C=O) groups excluding carboxylic acids is 1. The molecule has 0 radical (unpaired) electrons. The number of urea groups is 1. The number of hydrogen-bond donors (Lipinski definition) is 3. The third-order valence-corrected chi connectivity index (χ3v) is 2.95. The van der Waals surface area contributed by atoms with Gasteiger partial charge in [-0.1, -0.05) is 0 Å². The van der Waals surface area contributed by atoms with Gasteiger partial charge in [0.1, 0.15) is 0 Å². The van der Waals surface area contributed by atoms with Crippen LogP contribution in [0.25, 0.3) is 0 Å². The lowest BCUT2D eigenvalue weighted by molar-refractivity contribution is -0.146. The molecule has 1 fully saturated rings. The van der Waals surface area contributed by atoms with E-state index >= 15 is 0 Å². The minimum atomic E-state index is -1.43. The summed E-state index contributed by atoms with van der Waals surface area (Å²) in [6, 6.07) is -0.216. The topological polar surface area (TPSA) is 99.1 Å². The van der Waals surface area contributed by atoms with E-state index < -0.39 is 12.1 Å². The summed E-state index contributed by atoms with van der Waals surface area (Å²) in [6.07, 6.45) is -0.500. The summed E-state index contributed by atoms with van der Waals surface area (Å²) in [6.45, 7) is 2.13. The Hall–Kier alpha value is -1.34. The SMILES string of the molecule is COCC1CCN(C(=O)NCC[C@H](O)C(=O)O)C1. The number of nitrogens with zero attached hydrogens (tertiary/aromatic N) is 1. The summed E-state index contributed by atoms with van der Waals surface area (Å²) >= 11 is 0. The maximum atomic E-state index is 11.7. The van der Waals surface area contributed by atoms with Crippen LogP contribution in [0, 0.1) is 5.92 Å². The Bertz CT molecular complexity index is 297. The van der Waals surface area contributed by atoms with Gasteiger partial charge in [0.2, 0.25) is 0 Å². The summed E-state index contributed by atoms with van der Waals surface area (Å²) in [4.78, 5) is 23.7. The Labute approximate surface area is 106 Å². The summed E-state index contributed by atoms with van der Waals surface area (Å²) in [5, 5.41) is 20.1. The van der Waals surface area contributed by atoms with E-state index in [2.05, 4.69) is 5.32 Å². The van der Waals surface area contributed by atoms with Crippen molar-refractivity contribution >= 4 is 12.0 Å². The zero-order valence-electron chi connectivity index (χ0n) is 10.5. The molecule has 7 nitrogen and oxygen atoms in total. The van der Waals surface area contributed by atoms with Crippen molar-refractivity contribution in [3.05, 3.63) is 0 Å². The van der Waals surface area contributed by atoms with E-state index in [4.69, 9.17) is 14.9 Å². The molecule has 0 aromatic heterocycles. The second-order valence-electron chi connectivity index (χ2n) is 4.43. The molecule has 2 atom stereocenters. The number of rotatable bonds is 6. The van der Waals surface area contributed by atoms with Crippen LogP contribution >= 0.6 is 0 Å². The number of carbonyl (C=O) groups is 2. The van der Waals surface area contributed by atoms with Crippen molar-refractivity contribution in [2.24, 2.45) is 5.92 Å². The molecule has 1 aliphatic rings. The summed E-state index contributed by atoms with van der Waals surface area (Å²) in [7, 11) is 1.63. The molecule has 0 spiro atoms. The van der Waals surface area contributed by atoms with Crippen LogP contribution < -0.4 is 5.32 Å². The van der Waals surface area contributed by atoms with Crippen LogP contribution in [-0.2, 0) is 9.53 Å². The first-order chi connectivity index (χ1) is 8.54. The molecule has 0 bridgehead atoms. The lowest BCUT2D eigenvalue weighted by atomic mass is 10.1. The molecule has 7 heteroatoms. The highest BCUT2D eigenvalue weighted by Crippen LogP contribution is 2.16. The van der Waals surface area contributed by atoms with Crippen molar-refractivity contribution in [2.75, 3.05) is 33.4 Å². The molecule has 104 valence electrons. The molecule has 1 unspecified atom stereocenters. The third kappa shape index (κ3) is 4.50. The van der Waals surface area contributed by atoms with Gasteiger partial charge in [-0.2, -0.15) is 0 Å². The molecule has 0 aromatic rings. The lowest BCUT2D eigenvalue weighted by Gasteiger charge is -2.17. The largest absolute Gasteiger partial charge is 0.479 e. The number of carboxylic acid groups (broad SMARTS) is 1. The standard InChI is InChI=1S/C11H20N2O5/c1-18-7-8-3-5-13(6-8)11(17)12-4-2-9(14)10(15)16/h8-9,14H,2-7H2,1H3,(H,12,17)(H,15,16)/t8?,9-/m0/s1. The van der Waals surface area contributed by atoms with Gasteiger partial charge in [0.05, 0.1) is 6.61 Å². The average molecular weight is 260 g/mol. The minimum Gasteiger partial charge on any atom is -0.479 e. The molecule has 1 saturated heterocycles. The van der Waals surface area contributed by atoms with Crippen LogP contribution in [0.1, 0.15) is 12.8 Å². The van der Waals surface area contributed by atoms with Gasteiger partial charge in [-0.05, 0) is 6.42 Å². The van der Waals surface area contributed by atoms with E-state index in [-0.39, 0.29) is 19.0 Å². The number of methoxy groups -OCH3 is 1. The molecule has 0 aliphatic carbocycles. The number of hydrogen-bond acceptors (Lipinski definition) is 4. The van der Waals surface area contributed by atoms with E-state index in [1.54, 1.807) is 12.0 Å². The van der Waals surface area contributed by atoms with E-state index in [0.717, 1.165) is 6.42 Å². The Morgan fingerprint density at radius 2 is 2.28 bits per heavy atom. The second kappa shape index (κ2) is 7.17. The fraction of sp³-hybridized carbons (Fsp3) is 0.818. The normalized spacial score (nSPS) is 20.8. The van der Waals surface area contributed by atoms with Crippen molar-refractivity contribution < 1.29 is 24.5 Å². The summed E-state index contributed by atoms with van der Waals surface area (Å²) in [5.74, 6) is -0.907. The van der Waals surface area contributed by atoms with E-state index in [1.165, 1.54) is 0 Å². The molecule has 1 aliphatic heterocycles. The maximum Gasteiger partial charge on any atom is 0.332 e. The van der Waals surface area contributed by atoms with Gasteiger partial charge in [-0.25, -0.2) is 9.59 Å². The number of ether oxygens (including phenoxy) is 1. The number of carboxylic acids is 1. The zero-order valence-corrected chi connectivity index (χ0v) is 10.5. The van der Waals surface area contributed by atoms with Crippen molar-refractivity contribution in [1.82, 2.24) is 10.2 Å². The van der Waals surface area contributed by atoms with Crippen molar-refractivity contribution in [3.8, 4) is 0 Å². The van der Waals surface area contributed by atoms with Crippen molar-refractivity contribution in [1.29, 1.82) is 0 Å². The summed E-state index contributed by atoms with van der Waals surface area (Å²) in [5.41, 5.74) is 0. The highest BCUT2D eigenvalue weighted by molar-refractivity contribution is 5.75. The molecule has 18 heavy (non-hydrogen) atoms. The number of likely N-dealkylation sites (tertiary alicyclic amines) is 1. The van der Waals surface area contributed by atoms with Gasteiger partial charge in [-0.3, -0.25) is 0 Å². The predicted molar refractivity (Wildman–Crippen MR) is 63.2 cm³/mol. The Morgan fingerprint density at radius 3 is 2.89 bits per heavy atom. The first-order valence-electron chi connectivity index (χ1n) is 5.97. The zero-order chi connectivity index (χ0) is 13.5. The van der Waals surface area contributed by atoms with Gasteiger partial charge in [-0.15, -0.1) is 0 Å². The van der Waals surface area contributed by atoms with Crippen LogP contribution in [-0.4, -0.2) is 66.6 Å². The van der Waals surface area contributed by atoms with Crippen molar-refractivity contribution in [2.45, 2.75) is 18.9 Å². The molecule has 3 N–H and O–H groups in total. The van der Waals surface area contributed by atoms with Crippen molar-refractivity contribution in [3.63, 3.8) is 0 Å². The van der Waals surface area contributed by atoms with E-state index in [0.29, 0.717) is 25.6 Å². The molecule has 1 heterocycles. The first-order valence-corrected chi connectivity index (χ1v) is 5.97. The monoisotopic (exact) mass is 260 g/mol.